The summed E-state index contributed by atoms with van der Waals surface area (Å²) in [6, 6.07) is 10.3. The normalized spacial score (nSPS) is 17.8. The van der Waals surface area contributed by atoms with Crippen LogP contribution in [-0.4, -0.2) is 58.2 Å². The topological polar surface area (TPSA) is 85.4 Å². The SMILES string of the molecule is CCOC(=O)N(Cc1ccccc1)[C@@H]1C[C@H](C)N(S(=O)(=O)CC(F)(F)F)c2cc(OC)c(OC)cc21. The third-order valence-electron chi connectivity index (χ3n) is 5.81. The first-order valence-electron chi connectivity index (χ1n) is 11.2. The summed E-state index contributed by atoms with van der Waals surface area (Å²) in [6.45, 7) is 3.42. The fourth-order valence-electron chi connectivity index (χ4n) is 4.41. The summed E-state index contributed by atoms with van der Waals surface area (Å²) in [6.07, 6.45) is -5.53. The summed E-state index contributed by atoms with van der Waals surface area (Å²) < 4.78 is 82.2. The van der Waals surface area contributed by atoms with Crippen LogP contribution < -0.4 is 13.8 Å². The van der Waals surface area contributed by atoms with Gasteiger partial charge in [-0.1, -0.05) is 30.3 Å². The highest BCUT2D eigenvalue weighted by Gasteiger charge is 2.45. The Balaban J connectivity index is 2.20. The maximum absolute atomic E-state index is 13.2. The maximum Gasteiger partial charge on any atom is 0.410 e. The lowest BCUT2D eigenvalue weighted by Crippen LogP contribution is -2.49. The minimum atomic E-state index is -4.93. The molecule has 0 radical (unpaired) electrons. The Kier molecular flexibility index (Phi) is 8.27. The molecule has 1 amide bonds. The van der Waals surface area contributed by atoms with Crippen molar-refractivity contribution in [2.75, 3.05) is 30.9 Å². The highest BCUT2D eigenvalue weighted by molar-refractivity contribution is 7.92. The smallest absolute Gasteiger partial charge is 0.410 e. The summed E-state index contributed by atoms with van der Waals surface area (Å²) in [4.78, 5) is 14.5. The number of rotatable bonds is 8. The number of hydrogen-bond donors (Lipinski definition) is 0. The first-order valence-corrected chi connectivity index (χ1v) is 12.8. The third kappa shape index (κ3) is 5.97. The number of nitrogens with zero attached hydrogens (tertiary/aromatic N) is 2. The van der Waals surface area contributed by atoms with Gasteiger partial charge in [-0.05, 0) is 31.9 Å². The number of anilines is 1. The zero-order valence-electron chi connectivity index (χ0n) is 20.4. The Hall–Kier alpha value is -3.15. The molecule has 2 aromatic carbocycles. The second kappa shape index (κ2) is 10.9. The molecule has 0 spiro atoms. The van der Waals surface area contributed by atoms with Crippen LogP contribution in [0.4, 0.5) is 23.7 Å². The standard InChI is InChI=1S/C24H29F3N2O6S/c1-5-35-23(30)28(14-17-9-7-6-8-10-17)19-11-16(2)29(36(31,32)15-24(25,26)27)20-13-22(34-4)21(33-3)12-18(19)20/h6-10,12-13,16,19H,5,11,14-15H2,1-4H3/t16-,19+/m0/s1. The van der Waals surface area contributed by atoms with Gasteiger partial charge in [-0.2, -0.15) is 13.2 Å². The second-order valence-electron chi connectivity index (χ2n) is 8.35. The Labute approximate surface area is 208 Å². The van der Waals surface area contributed by atoms with Crippen molar-refractivity contribution in [1.82, 2.24) is 4.90 Å². The molecule has 2 aromatic rings. The van der Waals surface area contributed by atoms with E-state index in [1.807, 2.05) is 30.3 Å². The summed E-state index contributed by atoms with van der Waals surface area (Å²) in [5, 5.41) is 0. The number of hydrogen-bond acceptors (Lipinski definition) is 6. The summed E-state index contributed by atoms with van der Waals surface area (Å²) >= 11 is 0. The van der Waals surface area contributed by atoms with E-state index in [4.69, 9.17) is 14.2 Å². The van der Waals surface area contributed by atoms with Gasteiger partial charge in [0.1, 0.15) is 0 Å². The average molecular weight is 531 g/mol. The molecule has 0 N–H and O–H groups in total. The van der Waals surface area contributed by atoms with Gasteiger partial charge in [0, 0.05) is 24.2 Å². The fourth-order valence-corrected chi connectivity index (χ4v) is 6.05. The Morgan fingerprint density at radius 3 is 2.28 bits per heavy atom. The van der Waals surface area contributed by atoms with Crippen molar-refractivity contribution in [2.24, 2.45) is 0 Å². The highest BCUT2D eigenvalue weighted by atomic mass is 32.2. The largest absolute Gasteiger partial charge is 0.493 e. The molecular weight excluding hydrogens is 501 g/mol. The number of benzene rings is 2. The van der Waals surface area contributed by atoms with Crippen LogP contribution in [0.5, 0.6) is 11.5 Å². The molecule has 0 aromatic heterocycles. The van der Waals surface area contributed by atoms with E-state index in [1.54, 1.807) is 6.92 Å². The average Bonchev–Trinajstić information content (AvgIpc) is 2.80. The highest BCUT2D eigenvalue weighted by Crippen LogP contribution is 2.47. The van der Waals surface area contributed by atoms with Crippen molar-refractivity contribution in [3.8, 4) is 11.5 Å². The number of halogens is 3. The molecule has 0 saturated carbocycles. The fraction of sp³-hybridized carbons (Fsp3) is 0.458. The van der Waals surface area contributed by atoms with Gasteiger partial charge in [0.05, 0.1) is 32.6 Å². The van der Waals surface area contributed by atoms with Crippen molar-refractivity contribution in [2.45, 2.75) is 45.1 Å². The van der Waals surface area contributed by atoms with Gasteiger partial charge < -0.3 is 14.2 Å². The predicted octanol–water partition coefficient (Wildman–Crippen LogP) is 4.89. The first kappa shape index (κ1) is 27.4. The number of fused-ring (bicyclic) bond motifs is 1. The molecule has 1 aliphatic heterocycles. The van der Waals surface area contributed by atoms with Gasteiger partial charge in [-0.3, -0.25) is 9.21 Å². The molecule has 8 nitrogen and oxygen atoms in total. The number of carbonyl (C=O) groups excluding carboxylic acids is 1. The van der Waals surface area contributed by atoms with E-state index in [1.165, 1.54) is 38.2 Å². The van der Waals surface area contributed by atoms with Gasteiger partial charge in [-0.25, -0.2) is 13.2 Å². The van der Waals surface area contributed by atoms with Crippen molar-refractivity contribution in [3.05, 3.63) is 53.6 Å². The molecule has 1 aliphatic rings. The van der Waals surface area contributed by atoms with Gasteiger partial charge in [0.15, 0.2) is 17.3 Å². The molecule has 0 unspecified atom stereocenters. The van der Waals surface area contributed by atoms with Crippen LogP contribution in [0.3, 0.4) is 0 Å². The molecule has 12 heteroatoms. The van der Waals surface area contributed by atoms with E-state index in [9.17, 15) is 26.4 Å². The molecule has 198 valence electrons. The van der Waals surface area contributed by atoms with E-state index in [0.29, 0.717) is 5.56 Å². The minimum absolute atomic E-state index is 0.0111. The van der Waals surface area contributed by atoms with Crippen LogP contribution in [0.1, 0.15) is 37.4 Å². The number of methoxy groups -OCH3 is 2. The minimum Gasteiger partial charge on any atom is -0.493 e. The number of alkyl halides is 3. The summed E-state index contributed by atoms with van der Waals surface area (Å²) in [5.74, 6) is -1.64. The van der Waals surface area contributed by atoms with Crippen molar-refractivity contribution in [3.63, 3.8) is 0 Å². The van der Waals surface area contributed by atoms with Gasteiger partial charge in [0.25, 0.3) is 0 Å². The van der Waals surface area contributed by atoms with Gasteiger partial charge in [-0.15, -0.1) is 0 Å². The van der Waals surface area contributed by atoms with Crippen LogP contribution >= 0.6 is 0 Å². The summed E-state index contributed by atoms with van der Waals surface area (Å²) in [5.41, 5.74) is 1.09. The van der Waals surface area contributed by atoms with Crippen LogP contribution in [0.2, 0.25) is 0 Å². The first-order chi connectivity index (χ1) is 16.9. The molecule has 1 heterocycles. The zero-order valence-corrected chi connectivity index (χ0v) is 21.2. The van der Waals surface area contributed by atoms with Crippen molar-refractivity contribution in [1.29, 1.82) is 0 Å². The van der Waals surface area contributed by atoms with E-state index >= 15 is 0 Å². The van der Waals surface area contributed by atoms with Gasteiger partial charge in [0.2, 0.25) is 10.0 Å². The quantitative estimate of drug-likeness (QED) is 0.483. The van der Waals surface area contributed by atoms with Gasteiger partial charge >= 0.3 is 12.3 Å². The molecule has 0 bridgehead atoms. The van der Waals surface area contributed by atoms with E-state index < -0.39 is 40.1 Å². The Morgan fingerprint density at radius 1 is 1.11 bits per heavy atom. The molecule has 0 fully saturated rings. The molecule has 2 atom stereocenters. The molecule has 0 saturated heterocycles. The van der Waals surface area contributed by atoms with Crippen LogP contribution in [0.15, 0.2) is 42.5 Å². The van der Waals surface area contributed by atoms with E-state index in [0.717, 1.165) is 9.87 Å². The van der Waals surface area contributed by atoms with Crippen molar-refractivity contribution >= 4 is 21.8 Å². The monoisotopic (exact) mass is 530 g/mol. The molecule has 3 rings (SSSR count). The number of amides is 1. The van der Waals surface area contributed by atoms with E-state index in [-0.39, 0.29) is 36.8 Å². The number of ether oxygens (including phenoxy) is 3. The molecule has 0 aliphatic carbocycles. The van der Waals surface area contributed by atoms with Crippen LogP contribution in [-0.2, 0) is 21.3 Å². The Morgan fingerprint density at radius 2 is 1.72 bits per heavy atom. The zero-order chi connectivity index (χ0) is 26.7. The number of sulfonamides is 1. The summed E-state index contributed by atoms with van der Waals surface area (Å²) in [7, 11) is -2.09. The second-order valence-corrected chi connectivity index (χ2v) is 10.2. The number of carbonyl (C=O) groups is 1. The lowest BCUT2D eigenvalue weighted by Gasteiger charge is -2.43. The molecule has 36 heavy (non-hydrogen) atoms. The van der Waals surface area contributed by atoms with Crippen LogP contribution in [0.25, 0.3) is 0 Å². The third-order valence-corrected chi connectivity index (χ3v) is 7.66. The Bertz CT molecular complexity index is 1170. The lowest BCUT2D eigenvalue weighted by atomic mass is 9.91. The lowest BCUT2D eigenvalue weighted by molar-refractivity contribution is -0.106. The molecular formula is C24H29F3N2O6S. The predicted molar refractivity (Wildman–Crippen MR) is 128 cm³/mol. The van der Waals surface area contributed by atoms with E-state index in [2.05, 4.69) is 0 Å². The van der Waals surface area contributed by atoms with Crippen LogP contribution in [0, 0.1) is 0 Å². The van der Waals surface area contributed by atoms with Crippen molar-refractivity contribution < 1.29 is 40.6 Å². The maximum atomic E-state index is 13.2.